The quantitative estimate of drug-likeness (QED) is 0.419. The molecule has 5 aromatic rings. The Bertz CT molecular complexity index is 845. The van der Waals surface area contributed by atoms with Crippen molar-refractivity contribution in [2.75, 3.05) is 0 Å². The van der Waals surface area contributed by atoms with Crippen LogP contribution >= 0.6 is 0 Å². The number of rotatable bonds is 1. The molecule has 5 rings (SSSR count). The number of nitrogens with zero attached hydrogens (tertiary/aromatic N) is 2. The largest absolute Gasteiger partial charge is 0.355 e. The monoisotopic (exact) mass is 329 g/mol. The van der Waals surface area contributed by atoms with Gasteiger partial charge in [-0.25, -0.2) is 9.97 Å². The highest BCUT2D eigenvalue weighted by atomic mass is 14.8. The summed E-state index contributed by atoms with van der Waals surface area (Å²) >= 11 is 0. The molecule has 3 N–H and O–H groups in total. The molecule has 0 saturated heterocycles. The van der Waals surface area contributed by atoms with Crippen molar-refractivity contribution in [1.82, 2.24) is 24.9 Å². The summed E-state index contributed by atoms with van der Waals surface area (Å²) in [7, 11) is 0. The molecule has 0 aliphatic heterocycles. The molecule has 3 heterocycles. The van der Waals surface area contributed by atoms with E-state index in [1.54, 1.807) is 37.4 Å². The minimum atomic E-state index is 1.18. The first kappa shape index (κ1) is 16.3. The first-order valence-corrected chi connectivity index (χ1v) is 7.92. The lowest BCUT2D eigenvalue weighted by atomic mass is 10.1. The van der Waals surface area contributed by atoms with E-state index in [2.05, 4.69) is 73.5 Å². The Kier molecular flexibility index (Phi) is 5.78. The Morgan fingerprint density at radius 2 is 1.32 bits per heavy atom. The lowest BCUT2D eigenvalue weighted by molar-refractivity contribution is 1.31. The van der Waals surface area contributed by atoms with E-state index in [4.69, 9.17) is 0 Å². The van der Waals surface area contributed by atoms with E-state index in [0.29, 0.717) is 0 Å². The molecule has 0 bridgehead atoms. The van der Waals surface area contributed by atoms with Gasteiger partial charge < -0.3 is 15.0 Å². The highest BCUT2D eigenvalue weighted by Crippen LogP contribution is 2.23. The number of hydrogen-bond donors (Lipinski definition) is 3. The maximum absolute atomic E-state index is 3.67. The van der Waals surface area contributed by atoms with Crippen molar-refractivity contribution in [3.63, 3.8) is 0 Å². The van der Waals surface area contributed by atoms with E-state index in [9.17, 15) is 0 Å². The Morgan fingerprint density at radius 3 is 1.84 bits per heavy atom. The Balaban J connectivity index is 0.000000148. The molecule has 0 saturated carbocycles. The first-order chi connectivity index (χ1) is 12.4. The molecule has 5 heteroatoms. The zero-order valence-electron chi connectivity index (χ0n) is 13.6. The predicted molar refractivity (Wildman–Crippen MR) is 101 cm³/mol. The van der Waals surface area contributed by atoms with Crippen molar-refractivity contribution in [1.29, 1.82) is 0 Å². The van der Waals surface area contributed by atoms with Gasteiger partial charge in [0.2, 0.25) is 0 Å². The van der Waals surface area contributed by atoms with Gasteiger partial charge in [-0.15, -0.1) is 0 Å². The second kappa shape index (κ2) is 8.88. The van der Waals surface area contributed by atoms with E-state index in [1.807, 2.05) is 12.1 Å². The van der Waals surface area contributed by atoms with Crippen LogP contribution in [0.3, 0.4) is 0 Å². The summed E-state index contributed by atoms with van der Waals surface area (Å²) in [5.74, 6) is 0. The third-order valence-corrected chi connectivity index (χ3v) is 3.43. The highest BCUT2D eigenvalue weighted by Gasteiger charge is 2.00. The van der Waals surface area contributed by atoms with Gasteiger partial charge in [0.1, 0.15) is 0 Å². The summed E-state index contributed by atoms with van der Waals surface area (Å²) in [5.41, 5.74) is 3.60. The van der Waals surface area contributed by atoms with Crippen LogP contribution in [0.15, 0.2) is 98.1 Å². The van der Waals surface area contributed by atoms with Gasteiger partial charge in [-0.2, -0.15) is 0 Å². The van der Waals surface area contributed by atoms with Crippen LogP contribution in [0.4, 0.5) is 0 Å². The minimum absolute atomic E-state index is 1.18. The molecule has 25 heavy (non-hydrogen) atoms. The molecule has 124 valence electrons. The van der Waals surface area contributed by atoms with Crippen molar-refractivity contribution < 1.29 is 0 Å². The first-order valence-electron chi connectivity index (χ1n) is 7.92. The van der Waals surface area contributed by atoms with E-state index in [0.717, 1.165) is 0 Å². The van der Waals surface area contributed by atoms with Crippen molar-refractivity contribution >= 4 is 10.9 Å². The number of aromatic amines is 3. The number of nitrogens with one attached hydrogen (secondary N) is 3. The number of aromatic nitrogens is 5. The van der Waals surface area contributed by atoms with Crippen LogP contribution in [-0.2, 0) is 0 Å². The fraction of sp³-hybridized carbons (Fsp3) is 0. The summed E-state index contributed by atoms with van der Waals surface area (Å²) in [5, 5.41) is 1.26. The van der Waals surface area contributed by atoms with Crippen molar-refractivity contribution in [2.45, 2.75) is 0 Å². The van der Waals surface area contributed by atoms with Gasteiger partial charge >= 0.3 is 0 Å². The van der Waals surface area contributed by atoms with Crippen LogP contribution in [0.5, 0.6) is 0 Å². The van der Waals surface area contributed by atoms with E-state index >= 15 is 0 Å². The zero-order valence-corrected chi connectivity index (χ0v) is 13.6. The van der Waals surface area contributed by atoms with Gasteiger partial charge in [0.25, 0.3) is 0 Å². The summed E-state index contributed by atoms with van der Waals surface area (Å²) in [6.45, 7) is 0. The number of imidazole rings is 2. The van der Waals surface area contributed by atoms with Crippen molar-refractivity contribution in [3.8, 4) is 11.3 Å². The molecule has 0 fully saturated rings. The maximum atomic E-state index is 3.67. The normalized spacial score (nSPS) is 9.60. The summed E-state index contributed by atoms with van der Waals surface area (Å²) in [6, 6.07) is 20.9. The zero-order chi connectivity index (χ0) is 17.2. The molecular formula is C20H19N5. The molecule has 0 aliphatic rings. The number of hydrogen-bond acceptors (Lipinski definition) is 2. The van der Waals surface area contributed by atoms with Crippen molar-refractivity contribution in [3.05, 3.63) is 98.1 Å². The number of H-pyrrole nitrogens is 3. The number of para-hydroxylation sites is 1. The molecule has 5 nitrogen and oxygen atoms in total. The molecule has 2 aromatic carbocycles. The van der Waals surface area contributed by atoms with E-state index in [1.165, 1.54) is 22.2 Å². The Labute approximate surface area is 145 Å². The molecule has 0 unspecified atom stereocenters. The van der Waals surface area contributed by atoms with Gasteiger partial charge in [-0.05, 0) is 17.7 Å². The molecule has 3 aromatic heterocycles. The number of benzene rings is 2. The molecular weight excluding hydrogens is 310 g/mol. The third kappa shape index (κ3) is 4.94. The SMILES string of the molecule is c1c[nH]cn1.c1c[nH]cn1.c1ccc(-c2cc3ccccc3[nH]2)cc1. The van der Waals surface area contributed by atoms with Crippen LogP contribution in [-0.4, -0.2) is 24.9 Å². The second-order valence-electron chi connectivity index (χ2n) is 5.16. The van der Waals surface area contributed by atoms with Gasteiger partial charge in [0, 0.05) is 41.4 Å². The Morgan fingerprint density at radius 1 is 0.680 bits per heavy atom. The predicted octanol–water partition coefficient (Wildman–Crippen LogP) is 4.65. The molecule has 0 spiro atoms. The Hall–Kier alpha value is -3.60. The lowest BCUT2D eigenvalue weighted by Crippen LogP contribution is -1.74. The van der Waals surface area contributed by atoms with Crippen LogP contribution in [0.25, 0.3) is 22.2 Å². The minimum Gasteiger partial charge on any atom is -0.355 e. The van der Waals surface area contributed by atoms with Crippen LogP contribution in [0.1, 0.15) is 0 Å². The third-order valence-electron chi connectivity index (χ3n) is 3.43. The van der Waals surface area contributed by atoms with Crippen molar-refractivity contribution in [2.24, 2.45) is 0 Å². The average Bonchev–Trinajstić information content (AvgIpc) is 3.47. The smallest absolute Gasteiger partial charge is 0.0919 e. The molecule has 0 aliphatic carbocycles. The maximum Gasteiger partial charge on any atom is 0.0919 e. The molecule has 0 amide bonds. The summed E-state index contributed by atoms with van der Waals surface area (Å²) in [4.78, 5) is 16.2. The van der Waals surface area contributed by atoms with Gasteiger partial charge in [0.05, 0.1) is 12.7 Å². The van der Waals surface area contributed by atoms with Gasteiger partial charge in [0.15, 0.2) is 0 Å². The summed E-state index contributed by atoms with van der Waals surface area (Å²) < 4.78 is 0. The average molecular weight is 329 g/mol. The fourth-order valence-electron chi connectivity index (χ4n) is 2.28. The van der Waals surface area contributed by atoms with E-state index < -0.39 is 0 Å². The fourth-order valence-corrected chi connectivity index (χ4v) is 2.28. The highest BCUT2D eigenvalue weighted by molar-refractivity contribution is 5.85. The van der Waals surface area contributed by atoms with Gasteiger partial charge in [-0.1, -0.05) is 48.5 Å². The van der Waals surface area contributed by atoms with E-state index in [-0.39, 0.29) is 0 Å². The molecule has 0 radical (unpaired) electrons. The standard InChI is InChI=1S/C14H11N.2C3H4N2/c1-2-6-11(7-3-1)14-10-12-8-4-5-9-13(12)15-14;2*1-2-5-3-4-1/h1-10,15H;2*1-3H,(H,4,5). The second-order valence-corrected chi connectivity index (χ2v) is 5.16. The number of fused-ring (bicyclic) bond motifs is 1. The lowest BCUT2D eigenvalue weighted by Gasteiger charge is -1.94. The van der Waals surface area contributed by atoms with Gasteiger partial charge in [-0.3, -0.25) is 0 Å². The summed E-state index contributed by atoms with van der Waals surface area (Å²) in [6.07, 6.45) is 10.2. The topological polar surface area (TPSA) is 73.2 Å². The van der Waals surface area contributed by atoms with Crippen LogP contribution in [0, 0.1) is 0 Å². The van der Waals surface area contributed by atoms with Crippen LogP contribution < -0.4 is 0 Å². The van der Waals surface area contributed by atoms with Crippen LogP contribution in [0.2, 0.25) is 0 Å². The molecule has 0 atom stereocenters.